The van der Waals surface area contributed by atoms with E-state index in [1.807, 2.05) is 47.4 Å². The molecular formula is C20H18N6OS. The van der Waals surface area contributed by atoms with Crippen LogP contribution in [-0.4, -0.2) is 49.1 Å². The van der Waals surface area contributed by atoms with Gasteiger partial charge in [0, 0.05) is 24.6 Å². The molecule has 0 unspecified atom stereocenters. The molecule has 1 amide bonds. The molecule has 0 spiro atoms. The van der Waals surface area contributed by atoms with Crippen LogP contribution in [0.25, 0.3) is 15.9 Å². The molecule has 3 heterocycles. The van der Waals surface area contributed by atoms with Gasteiger partial charge in [-0.1, -0.05) is 12.1 Å². The number of thiazole rings is 1. The topological polar surface area (TPSA) is 76.8 Å². The van der Waals surface area contributed by atoms with E-state index in [0.717, 1.165) is 35.6 Å². The zero-order valence-corrected chi connectivity index (χ0v) is 15.9. The minimum Gasteiger partial charge on any atom is -0.338 e. The van der Waals surface area contributed by atoms with E-state index in [1.54, 1.807) is 16.0 Å². The summed E-state index contributed by atoms with van der Waals surface area (Å²) in [7, 11) is 0. The largest absolute Gasteiger partial charge is 0.338 e. The molecule has 2 aromatic carbocycles. The molecule has 1 saturated heterocycles. The van der Waals surface area contributed by atoms with Crippen molar-refractivity contribution < 1.29 is 4.79 Å². The number of benzene rings is 2. The Bertz CT molecular complexity index is 1070. The van der Waals surface area contributed by atoms with Crippen molar-refractivity contribution in [3.63, 3.8) is 0 Å². The number of para-hydroxylation sites is 1. The Morgan fingerprint density at radius 3 is 2.75 bits per heavy atom. The Morgan fingerprint density at radius 1 is 1.11 bits per heavy atom. The van der Waals surface area contributed by atoms with Crippen LogP contribution in [0.3, 0.4) is 0 Å². The first-order valence-corrected chi connectivity index (χ1v) is 10.1. The van der Waals surface area contributed by atoms with Gasteiger partial charge < -0.3 is 4.90 Å². The van der Waals surface area contributed by atoms with Crippen LogP contribution in [0, 0.1) is 0 Å². The molecule has 140 valence electrons. The van der Waals surface area contributed by atoms with Crippen molar-refractivity contribution in [1.82, 2.24) is 30.1 Å². The molecular weight excluding hydrogens is 372 g/mol. The summed E-state index contributed by atoms with van der Waals surface area (Å²) < 4.78 is 2.78. The second-order valence-corrected chi connectivity index (χ2v) is 7.97. The standard InChI is InChI=1S/C20H18N6OS/c27-20(14-7-9-16(10-8-14)26-13-21-23-24-26)25-11-3-4-15(12-25)19-22-17-5-1-2-6-18(17)28-19/h1-2,5-10,13,15H,3-4,11-12H2/t15-/m0/s1. The Labute approximate surface area is 165 Å². The van der Waals surface area contributed by atoms with E-state index in [1.165, 1.54) is 11.0 Å². The Morgan fingerprint density at radius 2 is 1.96 bits per heavy atom. The summed E-state index contributed by atoms with van der Waals surface area (Å²) in [6, 6.07) is 15.6. The number of piperidine rings is 1. The fraction of sp³-hybridized carbons (Fsp3) is 0.250. The molecule has 0 N–H and O–H groups in total. The summed E-state index contributed by atoms with van der Waals surface area (Å²) in [6.07, 6.45) is 3.60. The van der Waals surface area contributed by atoms with E-state index >= 15 is 0 Å². The van der Waals surface area contributed by atoms with Crippen molar-refractivity contribution in [2.45, 2.75) is 18.8 Å². The first-order chi connectivity index (χ1) is 13.8. The number of hydrogen-bond donors (Lipinski definition) is 0. The highest BCUT2D eigenvalue weighted by atomic mass is 32.1. The molecule has 0 saturated carbocycles. The van der Waals surface area contributed by atoms with E-state index in [4.69, 9.17) is 4.98 Å². The van der Waals surface area contributed by atoms with Gasteiger partial charge in [0.05, 0.1) is 20.9 Å². The van der Waals surface area contributed by atoms with Crippen LogP contribution < -0.4 is 0 Å². The highest BCUT2D eigenvalue weighted by Crippen LogP contribution is 2.33. The number of fused-ring (bicyclic) bond motifs is 1. The average molecular weight is 390 g/mol. The van der Waals surface area contributed by atoms with Gasteiger partial charge in [-0.15, -0.1) is 16.4 Å². The molecule has 5 rings (SSSR count). The van der Waals surface area contributed by atoms with Gasteiger partial charge in [-0.3, -0.25) is 4.79 Å². The van der Waals surface area contributed by atoms with Gasteiger partial charge in [-0.25, -0.2) is 9.67 Å². The van der Waals surface area contributed by atoms with E-state index in [2.05, 4.69) is 21.6 Å². The Balaban J connectivity index is 1.33. The Hall–Kier alpha value is -3.13. The highest BCUT2D eigenvalue weighted by molar-refractivity contribution is 7.18. The van der Waals surface area contributed by atoms with Gasteiger partial charge in [-0.2, -0.15) is 0 Å². The van der Waals surface area contributed by atoms with Crippen molar-refractivity contribution in [1.29, 1.82) is 0 Å². The first kappa shape index (κ1) is 17.0. The van der Waals surface area contributed by atoms with E-state index < -0.39 is 0 Å². The molecule has 28 heavy (non-hydrogen) atoms. The summed E-state index contributed by atoms with van der Waals surface area (Å²) in [5, 5.41) is 12.3. The quantitative estimate of drug-likeness (QED) is 0.536. The van der Waals surface area contributed by atoms with Crippen LogP contribution in [0.5, 0.6) is 0 Å². The summed E-state index contributed by atoms with van der Waals surface area (Å²) in [5.41, 5.74) is 2.55. The number of carbonyl (C=O) groups excluding carboxylic acids is 1. The highest BCUT2D eigenvalue weighted by Gasteiger charge is 2.27. The summed E-state index contributed by atoms with van der Waals surface area (Å²) in [5.74, 6) is 0.365. The smallest absolute Gasteiger partial charge is 0.253 e. The molecule has 0 bridgehead atoms. The molecule has 1 aliphatic heterocycles. The lowest BCUT2D eigenvalue weighted by Crippen LogP contribution is -2.39. The third kappa shape index (κ3) is 3.16. The molecule has 0 radical (unpaired) electrons. The molecule has 0 aliphatic carbocycles. The Kier molecular flexibility index (Phi) is 4.32. The maximum Gasteiger partial charge on any atom is 0.253 e. The van der Waals surface area contributed by atoms with Crippen molar-refractivity contribution in [2.75, 3.05) is 13.1 Å². The predicted octanol–water partition coefficient (Wildman–Crippen LogP) is 3.29. The van der Waals surface area contributed by atoms with Gasteiger partial charge in [0.15, 0.2) is 0 Å². The van der Waals surface area contributed by atoms with Crippen LogP contribution in [-0.2, 0) is 0 Å². The van der Waals surface area contributed by atoms with Crippen molar-refractivity contribution in [3.05, 3.63) is 65.4 Å². The van der Waals surface area contributed by atoms with Crippen LogP contribution in [0.4, 0.5) is 0 Å². The van der Waals surface area contributed by atoms with Gasteiger partial charge in [-0.05, 0) is 59.7 Å². The normalized spacial score (nSPS) is 17.1. The van der Waals surface area contributed by atoms with Crippen molar-refractivity contribution in [3.8, 4) is 5.69 Å². The maximum absolute atomic E-state index is 13.0. The molecule has 8 heteroatoms. The lowest BCUT2D eigenvalue weighted by molar-refractivity contribution is 0.0707. The predicted molar refractivity (Wildman–Crippen MR) is 107 cm³/mol. The third-order valence-corrected chi connectivity index (χ3v) is 6.29. The zero-order valence-electron chi connectivity index (χ0n) is 15.1. The van der Waals surface area contributed by atoms with Gasteiger partial charge >= 0.3 is 0 Å². The van der Waals surface area contributed by atoms with Crippen molar-refractivity contribution >= 4 is 27.5 Å². The monoisotopic (exact) mass is 390 g/mol. The first-order valence-electron chi connectivity index (χ1n) is 9.26. The molecule has 4 aromatic rings. The fourth-order valence-corrected chi connectivity index (χ4v) is 4.74. The number of hydrogen-bond acceptors (Lipinski definition) is 6. The number of aromatic nitrogens is 5. The van der Waals surface area contributed by atoms with E-state index in [9.17, 15) is 4.79 Å². The lowest BCUT2D eigenvalue weighted by atomic mass is 9.98. The second-order valence-electron chi connectivity index (χ2n) is 6.91. The number of carbonyl (C=O) groups is 1. The van der Waals surface area contributed by atoms with E-state index in [-0.39, 0.29) is 5.91 Å². The lowest BCUT2D eigenvalue weighted by Gasteiger charge is -2.32. The van der Waals surface area contributed by atoms with E-state index in [0.29, 0.717) is 18.0 Å². The molecule has 1 aliphatic rings. The fourth-order valence-electron chi connectivity index (χ4n) is 3.65. The van der Waals surface area contributed by atoms with Crippen LogP contribution in [0.2, 0.25) is 0 Å². The van der Waals surface area contributed by atoms with Gasteiger partial charge in [0.1, 0.15) is 6.33 Å². The van der Waals surface area contributed by atoms with Crippen molar-refractivity contribution in [2.24, 2.45) is 0 Å². The maximum atomic E-state index is 13.0. The number of nitrogens with zero attached hydrogens (tertiary/aromatic N) is 6. The minimum absolute atomic E-state index is 0.0640. The average Bonchev–Trinajstić information content (AvgIpc) is 3.43. The third-order valence-electron chi connectivity index (χ3n) is 5.10. The second kappa shape index (κ2) is 7.12. The molecule has 7 nitrogen and oxygen atoms in total. The molecule has 1 atom stereocenters. The summed E-state index contributed by atoms with van der Waals surface area (Å²) in [6.45, 7) is 1.50. The molecule has 2 aromatic heterocycles. The SMILES string of the molecule is O=C(c1ccc(-n2cnnn2)cc1)N1CCC[C@H](c2nc3ccccc3s2)C1. The molecule has 1 fully saturated rings. The van der Waals surface area contributed by atoms with Crippen LogP contribution in [0.15, 0.2) is 54.9 Å². The number of rotatable bonds is 3. The number of amides is 1. The van der Waals surface area contributed by atoms with Gasteiger partial charge in [0.2, 0.25) is 0 Å². The number of likely N-dealkylation sites (tertiary alicyclic amines) is 1. The summed E-state index contributed by atoms with van der Waals surface area (Å²) in [4.78, 5) is 19.8. The minimum atomic E-state index is 0.0640. The van der Waals surface area contributed by atoms with Crippen LogP contribution in [0.1, 0.15) is 34.1 Å². The zero-order chi connectivity index (χ0) is 18.9. The summed E-state index contributed by atoms with van der Waals surface area (Å²) >= 11 is 1.74. The number of tetrazole rings is 1. The van der Waals surface area contributed by atoms with Crippen LogP contribution >= 0.6 is 11.3 Å². The van der Waals surface area contributed by atoms with Gasteiger partial charge in [0.25, 0.3) is 5.91 Å².